The normalized spacial score (nSPS) is 13.1. The summed E-state index contributed by atoms with van der Waals surface area (Å²) in [5, 5.41) is 6.75. The fraction of sp³-hybridized carbons (Fsp3) is 0.0159. The summed E-state index contributed by atoms with van der Waals surface area (Å²) in [4.78, 5) is 2.36. The Morgan fingerprint density at radius 1 is 0.333 bits per heavy atom. The zero-order valence-corrected chi connectivity index (χ0v) is 35.8. The summed E-state index contributed by atoms with van der Waals surface area (Å²) in [7, 11) is 0. The Morgan fingerprint density at radius 2 is 0.848 bits per heavy atom. The Bertz CT molecular complexity index is 3820. The average Bonchev–Trinajstić information content (AvgIpc) is 3.91. The van der Waals surface area contributed by atoms with Gasteiger partial charge in [0.15, 0.2) is 0 Å². The van der Waals surface area contributed by atoms with E-state index in [0.717, 1.165) is 77.6 Å². The van der Waals surface area contributed by atoms with Gasteiger partial charge in [0.25, 0.3) is 0 Å². The maximum Gasteiger partial charge on any atom is 0.140 e. The zero-order valence-electron chi connectivity index (χ0n) is 35.8. The third-order valence-corrected chi connectivity index (χ3v) is 14.1. The monoisotopic (exact) mass is 841 g/mol. The van der Waals surface area contributed by atoms with Crippen LogP contribution >= 0.6 is 0 Å². The van der Waals surface area contributed by atoms with E-state index >= 15 is 0 Å². The standard InChI is InChI=1S/C63H39NO2/c1-2-13-40(14-3-1)41-25-32-46(33-26-41)64(57-22-12-24-59-60(57)51-20-9-11-23-58(51)65-59)47-34-27-42(28-35-47)45-31-36-54-52(39-45)50-19-8-10-21-53(50)63(54)55-37-29-43-15-4-6-17-48(43)61(55)66-62-49-18-7-5-16-44(49)30-38-56(62)63/h1-39H. The van der Waals surface area contributed by atoms with Crippen LogP contribution in [-0.4, -0.2) is 0 Å². The molecular formula is C63H39NO2. The number of anilines is 3. The number of rotatable bonds is 5. The van der Waals surface area contributed by atoms with Crippen LogP contribution < -0.4 is 9.64 Å². The van der Waals surface area contributed by atoms with Gasteiger partial charge in [-0.05, 0) is 104 Å². The molecule has 0 N–H and O–H groups in total. The summed E-state index contributed by atoms with van der Waals surface area (Å²) in [6, 6.07) is 85.6. The van der Waals surface area contributed by atoms with Crippen LogP contribution in [-0.2, 0) is 5.41 Å². The van der Waals surface area contributed by atoms with Crippen LogP contribution in [0.2, 0.25) is 0 Å². The molecule has 308 valence electrons. The molecule has 11 aromatic carbocycles. The van der Waals surface area contributed by atoms with E-state index in [1.54, 1.807) is 0 Å². The molecule has 1 aliphatic heterocycles. The van der Waals surface area contributed by atoms with Gasteiger partial charge in [0.1, 0.15) is 22.7 Å². The molecule has 1 spiro atoms. The van der Waals surface area contributed by atoms with Crippen molar-refractivity contribution in [3.63, 3.8) is 0 Å². The second kappa shape index (κ2) is 14.2. The summed E-state index contributed by atoms with van der Waals surface area (Å²) in [6.07, 6.45) is 0. The quantitative estimate of drug-likeness (QED) is 0.173. The van der Waals surface area contributed by atoms with Crippen molar-refractivity contribution in [3.05, 3.63) is 259 Å². The van der Waals surface area contributed by atoms with Crippen LogP contribution in [0.5, 0.6) is 11.5 Å². The number of hydrogen-bond acceptors (Lipinski definition) is 3. The predicted octanol–water partition coefficient (Wildman–Crippen LogP) is 17.2. The molecule has 2 heterocycles. The van der Waals surface area contributed by atoms with Crippen molar-refractivity contribution in [1.29, 1.82) is 0 Å². The number of fused-ring (bicyclic) bond motifs is 16. The summed E-state index contributed by atoms with van der Waals surface area (Å²) < 4.78 is 13.6. The molecule has 3 nitrogen and oxygen atoms in total. The Labute approximate surface area is 382 Å². The molecule has 0 saturated carbocycles. The van der Waals surface area contributed by atoms with E-state index in [0.29, 0.717) is 0 Å². The van der Waals surface area contributed by atoms with Gasteiger partial charge in [0, 0.05) is 38.7 Å². The molecule has 1 aromatic heterocycles. The van der Waals surface area contributed by atoms with Crippen LogP contribution in [0, 0.1) is 0 Å². The second-order valence-electron chi connectivity index (χ2n) is 17.5. The Morgan fingerprint density at radius 3 is 1.55 bits per heavy atom. The fourth-order valence-corrected chi connectivity index (χ4v) is 11.2. The summed E-state index contributed by atoms with van der Waals surface area (Å²) >= 11 is 0. The third kappa shape index (κ3) is 5.26. The number of para-hydroxylation sites is 1. The van der Waals surface area contributed by atoms with Gasteiger partial charge in [-0.1, -0.05) is 188 Å². The van der Waals surface area contributed by atoms with Crippen LogP contribution in [0.1, 0.15) is 22.3 Å². The lowest BCUT2D eigenvalue weighted by atomic mass is 9.65. The number of ether oxygens (including phenoxy) is 1. The first-order valence-electron chi connectivity index (χ1n) is 22.7. The summed E-state index contributed by atoms with van der Waals surface area (Å²) in [6.45, 7) is 0. The maximum absolute atomic E-state index is 7.17. The largest absolute Gasteiger partial charge is 0.456 e. The minimum Gasteiger partial charge on any atom is -0.456 e. The van der Waals surface area contributed by atoms with Crippen molar-refractivity contribution in [2.75, 3.05) is 4.90 Å². The van der Waals surface area contributed by atoms with Crippen molar-refractivity contribution in [1.82, 2.24) is 0 Å². The molecule has 0 fully saturated rings. The van der Waals surface area contributed by atoms with E-state index in [9.17, 15) is 0 Å². The van der Waals surface area contributed by atoms with E-state index < -0.39 is 5.41 Å². The first-order valence-corrected chi connectivity index (χ1v) is 22.7. The molecule has 0 saturated heterocycles. The molecule has 14 rings (SSSR count). The van der Waals surface area contributed by atoms with E-state index in [1.807, 2.05) is 12.1 Å². The van der Waals surface area contributed by atoms with Gasteiger partial charge in [-0.3, -0.25) is 0 Å². The van der Waals surface area contributed by atoms with Crippen molar-refractivity contribution in [2.24, 2.45) is 0 Å². The Kier molecular flexibility index (Phi) is 7.90. The van der Waals surface area contributed by atoms with Gasteiger partial charge < -0.3 is 14.1 Å². The molecule has 0 amide bonds. The topological polar surface area (TPSA) is 25.6 Å². The molecule has 0 bridgehead atoms. The van der Waals surface area contributed by atoms with Crippen LogP contribution in [0.25, 0.3) is 76.9 Å². The molecule has 66 heavy (non-hydrogen) atoms. The summed E-state index contributed by atoms with van der Waals surface area (Å²) in [5.74, 6) is 1.86. The maximum atomic E-state index is 7.17. The van der Waals surface area contributed by atoms with Crippen molar-refractivity contribution < 1.29 is 9.15 Å². The highest BCUT2D eigenvalue weighted by Gasteiger charge is 2.51. The van der Waals surface area contributed by atoms with E-state index in [2.05, 4.69) is 229 Å². The molecule has 0 atom stereocenters. The molecule has 12 aromatic rings. The SMILES string of the molecule is c1ccc(-c2ccc(N(c3ccc(-c4ccc5c(c4)-c4ccccc4C54c5ccc6ccccc6c5Oc5c4ccc4ccccc54)cc3)c3cccc4oc5ccccc5c34)cc2)cc1. The smallest absolute Gasteiger partial charge is 0.140 e. The molecule has 3 heteroatoms. The van der Waals surface area contributed by atoms with Gasteiger partial charge in [0.2, 0.25) is 0 Å². The van der Waals surface area contributed by atoms with E-state index in [4.69, 9.17) is 9.15 Å². The zero-order chi connectivity index (χ0) is 43.3. The Balaban J connectivity index is 0.930. The second-order valence-corrected chi connectivity index (χ2v) is 17.5. The molecular weight excluding hydrogens is 803 g/mol. The number of furan rings is 1. The van der Waals surface area contributed by atoms with Gasteiger partial charge >= 0.3 is 0 Å². The van der Waals surface area contributed by atoms with Crippen LogP contribution in [0.15, 0.2) is 241 Å². The molecule has 2 aliphatic rings. The van der Waals surface area contributed by atoms with E-state index in [-0.39, 0.29) is 0 Å². The lowest BCUT2D eigenvalue weighted by molar-refractivity contribution is 0.447. The van der Waals surface area contributed by atoms with Gasteiger partial charge in [-0.15, -0.1) is 0 Å². The first kappa shape index (κ1) is 36.8. The minimum absolute atomic E-state index is 0.583. The van der Waals surface area contributed by atoms with Gasteiger partial charge in [-0.25, -0.2) is 0 Å². The molecule has 0 radical (unpaired) electrons. The average molecular weight is 842 g/mol. The molecule has 0 unspecified atom stereocenters. The number of nitrogens with zero attached hydrogens (tertiary/aromatic N) is 1. The van der Waals surface area contributed by atoms with E-state index in [1.165, 1.54) is 50.1 Å². The van der Waals surface area contributed by atoms with Crippen molar-refractivity contribution >= 4 is 60.5 Å². The lowest BCUT2D eigenvalue weighted by Crippen LogP contribution is -2.32. The number of hydrogen-bond donors (Lipinski definition) is 0. The van der Waals surface area contributed by atoms with Crippen LogP contribution in [0.4, 0.5) is 17.1 Å². The summed E-state index contributed by atoms with van der Waals surface area (Å²) in [5.41, 5.74) is 16.4. The Hall–Kier alpha value is -8.66. The molecule has 1 aliphatic carbocycles. The lowest BCUT2D eigenvalue weighted by Gasteiger charge is -2.40. The minimum atomic E-state index is -0.583. The van der Waals surface area contributed by atoms with Crippen LogP contribution in [0.3, 0.4) is 0 Å². The number of benzene rings is 11. The predicted molar refractivity (Wildman–Crippen MR) is 272 cm³/mol. The van der Waals surface area contributed by atoms with Gasteiger partial charge in [0.05, 0.1) is 16.5 Å². The fourth-order valence-electron chi connectivity index (χ4n) is 11.2. The first-order chi connectivity index (χ1) is 32.7. The highest BCUT2D eigenvalue weighted by Crippen LogP contribution is 2.64. The highest BCUT2D eigenvalue weighted by atomic mass is 16.5. The van der Waals surface area contributed by atoms with Crippen molar-refractivity contribution in [3.8, 4) is 44.9 Å². The van der Waals surface area contributed by atoms with Crippen molar-refractivity contribution in [2.45, 2.75) is 5.41 Å². The van der Waals surface area contributed by atoms with Gasteiger partial charge in [-0.2, -0.15) is 0 Å². The third-order valence-electron chi connectivity index (χ3n) is 14.1. The highest BCUT2D eigenvalue weighted by molar-refractivity contribution is 6.13.